The molecule has 0 saturated heterocycles. The van der Waals surface area contributed by atoms with Crippen molar-refractivity contribution in [3.8, 4) is 0 Å². The number of aromatic nitrogens is 3. The van der Waals surface area contributed by atoms with Gasteiger partial charge in [0.05, 0.1) is 11.4 Å². The summed E-state index contributed by atoms with van der Waals surface area (Å²) < 4.78 is 23.6. The molecule has 0 radical (unpaired) electrons. The van der Waals surface area contributed by atoms with Crippen LogP contribution < -0.4 is 5.32 Å². The van der Waals surface area contributed by atoms with Crippen molar-refractivity contribution in [2.45, 2.75) is 13.5 Å². The van der Waals surface area contributed by atoms with Crippen LogP contribution in [0, 0.1) is 6.92 Å². The van der Waals surface area contributed by atoms with E-state index < -0.39 is 9.84 Å². The Hall–Kier alpha value is -1.47. The summed E-state index contributed by atoms with van der Waals surface area (Å²) in [5.41, 5.74) is 2.70. The number of rotatable bonds is 5. The Bertz CT molecular complexity index is 648. The molecule has 2 aromatic rings. The highest BCUT2D eigenvalue weighted by atomic mass is 32.2. The molecule has 0 aliphatic heterocycles. The van der Waals surface area contributed by atoms with Gasteiger partial charge in [-0.1, -0.05) is 0 Å². The summed E-state index contributed by atoms with van der Waals surface area (Å²) in [4.78, 5) is 4.27. The Balaban J connectivity index is 1.95. The van der Waals surface area contributed by atoms with Gasteiger partial charge in [-0.3, -0.25) is 0 Å². The fourth-order valence-electron chi connectivity index (χ4n) is 1.62. The first-order valence-corrected chi connectivity index (χ1v) is 7.69. The van der Waals surface area contributed by atoms with E-state index in [1.165, 1.54) is 6.26 Å². The van der Waals surface area contributed by atoms with Crippen LogP contribution in [0.4, 0.5) is 0 Å². The highest BCUT2D eigenvalue weighted by Gasteiger charge is 2.03. The van der Waals surface area contributed by atoms with Gasteiger partial charge in [0.25, 0.3) is 0 Å². The molecule has 2 rings (SSSR count). The molecular formula is C11H16N4O2S. The van der Waals surface area contributed by atoms with Crippen LogP contribution in [0.15, 0.2) is 18.5 Å². The Morgan fingerprint density at radius 2 is 2.22 bits per heavy atom. The monoisotopic (exact) mass is 268 g/mol. The van der Waals surface area contributed by atoms with Crippen molar-refractivity contribution in [2.75, 3.05) is 18.6 Å². The minimum absolute atomic E-state index is 0.142. The minimum Gasteiger partial charge on any atom is -0.312 e. The van der Waals surface area contributed by atoms with Gasteiger partial charge >= 0.3 is 0 Å². The van der Waals surface area contributed by atoms with Crippen LogP contribution in [0.5, 0.6) is 0 Å². The van der Waals surface area contributed by atoms with E-state index in [9.17, 15) is 8.42 Å². The van der Waals surface area contributed by atoms with Crippen LogP contribution >= 0.6 is 0 Å². The second kappa shape index (κ2) is 5.03. The summed E-state index contributed by atoms with van der Waals surface area (Å²) in [6.07, 6.45) is 4.89. The summed E-state index contributed by atoms with van der Waals surface area (Å²) in [6.45, 7) is 2.94. The molecule has 0 atom stereocenters. The fourth-order valence-corrected chi connectivity index (χ4v) is 2.13. The van der Waals surface area contributed by atoms with Gasteiger partial charge in [0.2, 0.25) is 0 Å². The van der Waals surface area contributed by atoms with Gasteiger partial charge in [0, 0.05) is 43.4 Å². The van der Waals surface area contributed by atoms with Crippen molar-refractivity contribution in [1.29, 1.82) is 0 Å². The highest BCUT2D eigenvalue weighted by molar-refractivity contribution is 7.90. The Labute approximate surface area is 106 Å². The third kappa shape index (κ3) is 3.51. The van der Waals surface area contributed by atoms with Gasteiger partial charge in [0.1, 0.15) is 9.84 Å². The molecule has 2 aromatic heterocycles. The lowest BCUT2D eigenvalue weighted by molar-refractivity contribution is 0.596. The standard InChI is InChI=1S/C11H16N4O2S/c1-9-5-11-13-7-10(8-15(11)14-9)6-12-3-4-18(2,16)17/h5,7-8,12H,3-4,6H2,1-2H3. The maximum atomic E-state index is 11.0. The number of nitrogens with one attached hydrogen (secondary N) is 1. The smallest absolute Gasteiger partial charge is 0.155 e. The Morgan fingerprint density at radius 3 is 2.94 bits per heavy atom. The third-order valence-corrected chi connectivity index (χ3v) is 3.41. The van der Waals surface area contributed by atoms with Gasteiger partial charge in [-0.15, -0.1) is 0 Å². The van der Waals surface area contributed by atoms with E-state index in [1.807, 2.05) is 19.2 Å². The number of aryl methyl sites for hydroxylation is 1. The van der Waals surface area contributed by atoms with Crippen molar-refractivity contribution in [3.63, 3.8) is 0 Å². The maximum absolute atomic E-state index is 11.0. The second-order valence-corrected chi connectivity index (χ2v) is 6.62. The lowest BCUT2D eigenvalue weighted by Gasteiger charge is -2.04. The lowest BCUT2D eigenvalue weighted by Crippen LogP contribution is -2.22. The number of nitrogens with zero attached hydrogens (tertiary/aromatic N) is 3. The van der Waals surface area contributed by atoms with Crippen LogP contribution in [0.2, 0.25) is 0 Å². The van der Waals surface area contributed by atoms with Gasteiger partial charge in [0.15, 0.2) is 5.65 Å². The minimum atomic E-state index is -2.91. The molecule has 18 heavy (non-hydrogen) atoms. The topological polar surface area (TPSA) is 76.4 Å². The van der Waals surface area contributed by atoms with E-state index >= 15 is 0 Å². The molecule has 0 amide bonds. The summed E-state index contributed by atoms with van der Waals surface area (Å²) >= 11 is 0. The summed E-state index contributed by atoms with van der Waals surface area (Å²) in [6, 6.07) is 1.90. The van der Waals surface area contributed by atoms with E-state index in [1.54, 1.807) is 10.7 Å². The van der Waals surface area contributed by atoms with Crippen molar-refractivity contribution >= 4 is 15.5 Å². The van der Waals surface area contributed by atoms with Gasteiger partial charge < -0.3 is 5.32 Å². The van der Waals surface area contributed by atoms with Crippen LogP contribution in [0.25, 0.3) is 5.65 Å². The molecule has 0 fully saturated rings. The molecule has 0 spiro atoms. The quantitative estimate of drug-likeness (QED) is 0.782. The molecule has 0 bridgehead atoms. The van der Waals surface area contributed by atoms with E-state index in [4.69, 9.17) is 0 Å². The zero-order valence-electron chi connectivity index (χ0n) is 10.4. The normalized spacial score (nSPS) is 12.1. The van der Waals surface area contributed by atoms with E-state index in [0.29, 0.717) is 13.1 Å². The summed E-state index contributed by atoms with van der Waals surface area (Å²) in [5, 5.41) is 7.34. The maximum Gasteiger partial charge on any atom is 0.155 e. The number of fused-ring (bicyclic) bond motifs is 1. The molecule has 98 valence electrons. The average molecular weight is 268 g/mol. The lowest BCUT2D eigenvalue weighted by atomic mass is 10.3. The zero-order valence-corrected chi connectivity index (χ0v) is 11.2. The molecule has 0 unspecified atom stereocenters. The SMILES string of the molecule is Cc1cc2ncc(CNCCS(C)(=O)=O)cn2n1. The van der Waals surface area contributed by atoms with Crippen LogP contribution in [0.1, 0.15) is 11.3 Å². The Morgan fingerprint density at radius 1 is 1.44 bits per heavy atom. The number of hydrogen-bond donors (Lipinski definition) is 1. The first kappa shape index (κ1) is 13.0. The molecule has 0 saturated carbocycles. The van der Waals surface area contributed by atoms with E-state index in [2.05, 4.69) is 15.4 Å². The van der Waals surface area contributed by atoms with Gasteiger partial charge in [-0.05, 0) is 6.92 Å². The van der Waals surface area contributed by atoms with Crippen LogP contribution in [0.3, 0.4) is 0 Å². The van der Waals surface area contributed by atoms with Crippen molar-refractivity contribution in [2.24, 2.45) is 0 Å². The number of sulfone groups is 1. The molecule has 7 heteroatoms. The summed E-state index contributed by atoms with van der Waals surface area (Å²) in [5.74, 6) is 0.142. The van der Waals surface area contributed by atoms with Crippen LogP contribution in [-0.2, 0) is 16.4 Å². The molecule has 2 heterocycles. The second-order valence-electron chi connectivity index (χ2n) is 4.36. The van der Waals surface area contributed by atoms with Crippen LogP contribution in [-0.4, -0.2) is 41.6 Å². The van der Waals surface area contributed by atoms with E-state index in [0.717, 1.165) is 16.9 Å². The predicted molar refractivity (Wildman–Crippen MR) is 69.1 cm³/mol. The average Bonchev–Trinajstić information content (AvgIpc) is 2.62. The molecule has 0 aliphatic carbocycles. The third-order valence-electron chi connectivity index (χ3n) is 2.47. The van der Waals surface area contributed by atoms with E-state index in [-0.39, 0.29) is 5.75 Å². The Kier molecular flexibility index (Phi) is 3.63. The highest BCUT2D eigenvalue weighted by Crippen LogP contribution is 2.04. The molecule has 0 aliphatic rings. The van der Waals surface area contributed by atoms with Gasteiger partial charge in [-0.2, -0.15) is 5.10 Å². The fraction of sp³-hybridized carbons (Fsp3) is 0.455. The molecular weight excluding hydrogens is 252 g/mol. The van der Waals surface area contributed by atoms with Crippen molar-refractivity contribution in [1.82, 2.24) is 19.9 Å². The summed E-state index contributed by atoms with van der Waals surface area (Å²) in [7, 11) is -2.91. The predicted octanol–water partition coefficient (Wildman–Crippen LogP) is 0.172. The molecule has 6 nitrogen and oxygen atoms in total. The van der Waals surface area contributed by atoms with Crippen molar-refractivity contribution < 1.29 is 8.42 Å². The van der Waals surface area contributed by atoms with Crippen molar-refractivity contribution in [3.05, 3.63) is 29.7 Å². The zero-order chi connectivity index (χ0) is 13.2. The number of hydrogen-bond acceptors (Lipinski definition) is 5. The van der Waals surface area contributed by atoms with Gasteiger partial charge in [-0.25, -0.2) is 17.9 Å². The first-order chi connectivity index (χ1) is 8.44. The first-order valence-electron chi connectivity index (χ1n) is 5.63. The largest absolute Gasteiger partial charge is 0.312 e. The molecule has 1 N–H and O–H groups in total. The molecule has 0 aromatic carbocycles.